The molecular weight excluding hydrogens is 354 g/mol. The lowest BCUT2D eigenvalue weighted by molar-refractivity contribution is -0.151. The molecule has 2 aliphatic rings. The first-order valence-electron chi connectivity index (χ1n) is 9.97. The normalized spacial score (nSPS) is 23.5. The molecule has 4 rings (SSSR count). The molecule has 2 unspecified atom stereocenters. The van der Waals surface area contributed by atoms with Crippen molar-refractivity contribution in [3.8, 4) is 11.4 Å². The second kappa shape index (κ2) is 7.70. The van der Waals surface area contributed by atoms with Gasteiger partial charge in [-0.25, -0.2) is 9.97 Å². The molecule has 2 aliphatic heterocycles. The molecule has 0 spiro atoms. The topological polar surface area (TPSA) is 72.4 Å². The fourth-order valence-corrected chi connectivity index (χ4v) is 4.60. The maximum absolute atomic E-state index is 13.7. The van der Waals surface area contributed by atoms with Gasteiger partial charge >= 0.3 is 5.97 Å². The Morgan fingerprint density at radius 3 is 2.64 bits per heavy atom. The van der Waals surface area contributed by atoms with Crippen LogP contribution in [0.3, 0.4) is 0 Å². The van der Waals surface area contributed by atoms with Crippen LogP contribution in [0, 0.1) is 12.8 Å². The van der Waals surface area contributed by atoms with Crippen molar-refractivity contribution in [2.75, 3.05) is 6.61 Å². The summed E-state index contributed by atoms with van der Waals surface area (Å²) in [4.78, 5) is 36.7. The van der Waals surface area contributed by atoms with Gasteiger partial charge in [0, 0.05) is 30.0 Å². The molecule has 2 bridgehead atoms. The van der Waals surface area contributed by atoms with E-state index >= 15 is 0 Å². The number of aromatic nitrogens is 2. The van der Waals surface area contributed by atoms with Gasteiger partial charge in [0.2, 0.25) is 0 Å². The van der Waals surface area contributed by atoms with E-state index in [2.05, 4.69) is 9.97 Å². The Hall–Kier alpha value is -2.76. The number of esters is 1. The van der Waals surface area contributed by atoms with Crippen LogP contribution in [0.15, 0.2) is 36.7 Å². The van der Waals surface area contributed by atoms with E-state index in [0.717, 1.165) is 36.8 Å². The van der Waals surface area contributed by atoms with Crippen molar-refractivity contribution >= 4 is 11.9 Å². The lowest BCUT2D eigenvalue weighted by atomic mass is 9.89. The summed E-state index contributed by atoms with van der Waals surface area (Å²) in [5.41, 5.74) is 2.34. The van der Waals surface area contributed by atoms with Crippen LogP contribution in [0.2, 0.25) is 0 Å². The number of amides is 1. The number of carbonyl (C=O) groups excluding carboxylic acids is 2. The Kier molecular flexibility index (Phi) is 5.11. The van der Waals surface area contributed by atoms with Crippen molar-refractivity contribution in [3.05, 3.63) is 47.8 Å². The summed E-state index contributed by atoms with van der Waals surface area (Å²) in [7, 11) is 0. The Morgan fingerprint density at radius 2 is 1.89 bits per heavy atom. The molecule has 146 valence electrons. The van der Waals surface area contributed by atoms with E-state index in [9.17, 15) is 9.59 Å². The van der Waals surface area contributed by atoms with Crippen LogP contribution in [0.5, 0.6) is 0 Å². The first kappa shape index (κ1) is 18.6. The highest BCUT2D eigenvalue weighted by Crippen LogP contribution is 2.41. The SMILES string of the molecule is CCOC(=O)[C@H]1CCC2CCC1N2C(=O)c1cc(C)ccc1-c1ncccn1. The quantitative estimate of drug-likeness (QED) is 0.762. The fourth-order valence-electron chi connectivity index (χ4n) is 4.60. The second-order valence-corrected chi connectivity index (χ2v) is 7.57. The monoisotopic (exact) mass is 379 g/mol. The summed E-state index contributed by atoms with van der Waals surface area (Å²) in [5, 5.41) is 0. The van der Waals surface area contributed by atoms with Crippen molar-refractivity contribution < 1.29 is 14.3 Å². The molecule has 2 saturated heterocycles. The van der Waals surface area contributed by atoms with Gasteiger partial charge in [-0.05, 0) is 51.7 Å². The van der Waals surface area contributed by atoms with E-state index in [1.165, 1.54) is 0 Å². The standard InChI is InChI=1S/C22H25N3O3/c1-3-28-22(27)17-9-6-15-7-10-19(17)25(15)21(26)18-13-14(2)5-8-16(18)20-23-11-4-12-24-20/h4-5,8,11-13,15,17,19H,3,6-7,9-10H2,1-2H3/t15?,17-,19?/m0/s1. The van der Waals surface area contributed by atoms with Crippen molar-refractivity contribution in [2.45, 2.75) is 51.6 Å². The highest BCUT2D eigenvalue weighted by Gasteiger charge is 2.48. The summed E-state index contributed by atoms with van der Waals surface area (Å²) in [6, 6.07) is 7.64. The molecule has 2 fully saturated rings. The number of rotatable bonds is 4. The molecule has 6 nitrogen and oxygen atoms in total. The first-order valence-corrected chi connectivity index (χ1v) is 9.97. The molecule has 0 aliphatic carbocycles. The predicted octanol–water partition coefficient (Wildman–Crippen LogP) is 3.40. The minimum Gasteiger partial charge on any atom is -0.466 e. The highest BCUT2D eigenvalue weighted by atomic mass is 16.5. The molecule has 6 heteroatoms. The molecule has 3 atom stereocenters. The van der Waals surface area contributed by atoms with Crippen LogP contribution < -0.4 is 0 Å². The zero-order chi connectivity index (χ0) is 19.7. The second-order valence-electron chi connectivity index (χ2n) is 7.57. The minimum atomic E-state index is -0.233. The number of aryl methyl sites for hydroxylation is 1. The van der Waals surface area contributed by atoms with Gasteiger partial charge in [-0.15, -0.1) is 0 Å². The van der Waals surface area contributed by atoms with E-state index < -0.39 is 0 Å². The summed E-state index contributed by atoms with van der Waals surface area (Å²) < 4.78 is 5.28. The number of nitrogens with zero attached hydrogens (tertiary/aromatic N) is 3. The van der Waals surface area contributed by atoms with Crippen molar-refractivity contribution in [1.29, 1.82) is 0 Å². The van der Waals surface area contributed by atoms with E-state index in [1.54, 1.807) is 18.5 Å². The van der Waals surface area contributed by atoms with Crippen molar-refractivity contribution in [1.82, 2.24) is 14.9 Å². The number of hydrogen-bond acceptors (Lipinski definition) is 5. The van der Waals surface area contributed by atoms with Gasteiger partial charge in [0.05, 0.1) is 18.1 Å². The number of carbonyl (C=O) groups is 2. The molecular formula is C22H25N3O3. The maximum atomic E-state index is 13.7. The molecule has 1 amide bonds. The Balaban J connectivity index is 1.70. The summed E-state index contributed by atoms with van der Waals surface area (Å²) in [5.74, 6) is 0.0928. The van der Waals surface area contributed by atoms with Crippen molar-refractivity contribution in [3.63, 3.8) is 0 Å². The van der Waals surface area contributed by atoms with Crippen LogP contribution >= 0.6 is 0 Å². The van der Waals surface area contributed by atoms with E-state index in [4.69, 9.17) is 4.74 Å². The van der Waals surface area contributed by atoms with Gasteiger partial charge in [0.1, 0.15) is 0 Å². The van der Waals surface area contributed by atoms with Crippen LogP contribution in [0.4, 0.5) is 0 Å². The third-order valence-corrected chi connectivity index (χ3v) is 5.86. The van der Waals surface area contributed by atoms with E-state index in [-0.39, 0.29) is 29.9 Å². The van der Waals surface area contributed by atoms with Crippen LogP contribution in [0.25, 0.3) is 11.4 Å². The molecule has 1 aromatic carbocycles. The smallest absolute Gasteiger partial charge is 0.311 e. The molecule has 0 radical (unpaired) electrons. The Morgan fingerprint density at radius 1 is 1.14 bits per heavy atom. The molecule has 3 heterocycles. The van der Waals surface area contributed by atoms with E-state index in [1.807, 2.05) is 36.9 Å². The van der Waals surface area contributed by atoms with Crippen LogP contribution in [0.1, 0.15) is 48.5 Å². The number of ether oxygens (including phenoxy) is 1. The predicted molar refractivity (Wildman–Crippen MR) is 105 cm³/mol. The number of fused-ring (bicyclic) bond motifs is 2. The van der Waals surface area contributed by atoms with Gasteiger partial charge in [0.25, 0.3) is 5.91 Å². The Bertz CT molecular complexity index is 884. The lowest BCUT2D eigenvalue weighted by Gasteiger charge is -2.39. The van der Waals surface area contributed by atoms with Gasteiger partial charge in [-0.1, -0.05) is 17.7 Å². The largest absolute Gasteiger partial charge is 0.466 e. The summed E-state index contributed by atoms with van der Waals surface area (Å²) in [6.07, 6.45) is 6.78. The van der Waals surface area contributed by atoms with Gasteiger partial charge in [-0.2, -0.15) is 0 Å². The zero-order valence-electron chi connectivity index (χ0n) is 16.3. The third-order valence-electron chi connectivity index (χ3n) is 5.86. The lowest BCUT2D eigenvalue weighted by Crippen LogP contribution is -2.50. The zero-order valence-corrected chi connectivity index (χ0v) is 16.3. The van der Waals surface area contributed by atoms with Crippen LogP contribution in [-0.4, -0.2) is 45.4 Å². The number of hydrogen-bond donors (Lipinski definition) is 0. The summed E-state index contributed by atoms with van der Waals surface area (Å²) >= 11 is 0. The molecule has 28 heavy (non-hydrogen) atoms. The number of benzene rings is 1. The third kappa shape index (κ3) is 3.28. The molecule has 1 aromatic heterocycles. The van der Waals surface area contributed by atoms with Gasteiger partial charge < -0.3 is 9.64 Å². The Labute approximate surface area is 164 Å². The minimum absolute atomic E-state index is 0.0346. The van der Waals surface area contributed by atoms with Crippen LogP contribution in [-0.2, 0) is 9.53 Å². The van der Waals surface area contributed by atoms with Gasteiger partial charge in [-0.3, -0.25) is 9.59 Å². The van der Waals surface area contributed by atoms with Gasteiger partial charge in [0.15, 0.2) is 5.82 Å². The van der Waals surface area contributed by atoms with E-state index in [0.29, 0.717) is 18.0 Å². The maximum Gasteiger partial charge on any atom is 0.311 e. The molecule has 2 aromatic rings. The molecule has 0 N–H and O–H groups in total. The highest BCUT2D eigenvalue weighted by molar-refractivity contribution is 6.01. The fraction of sp³-hybridized carbons (Fsp3) is 0.455. The average Bonchev–Trinajstić information content (AvgIpc) is 3.00. The first-order chi connectivity index (χ1) is 13.6. The average molecular weight is 379 g/mol. The molecule has 0 saturated carbocycles. The summed E-state index contributed by atoms with van der Waals surface area (Å²) in [6.45, 7) is 4.16. The van der Waals surface area contributed by atoms with Crippen molar-refractivity contribution in [2.24, 2.45) is 5.92 Å². The number of piperidine rings is 1.